The van der Waals surface area contributed by atoms with Crippen molar-refractivity contribution in [3.8, 4) is 11.3 Å². The Morgan fingerprint density at radius 1 is 1.00 bits per heavy atom. The SMILES string of the molecule is Cc1cccc(NC(=O)C(C)n2nc(-c3ccccc3)ccc2=O)c1C. The van der Waals surface area contributed by atoms with E-state index in [-0.39, 0.29) is 11.5 Å². The van der Waals surface area contributed by atoms with Crippen LogP contribution in [0.1, 0.15) is 24.1 Å². The lowest BCUT2D eigenvalue weighted by molar-refractivity contribution is -0.119. The number of aryl methyl sites for hydroxylation is 1. The number of carbonyl (C=O) groups excluding carboxylic acids is 1. The lowest BCUT2D eigenvalue weighted by Gasteiger charge is -2.16. The number of hydrogen-bond acceptors (Lipinski definition) is 3. The van der Waals surface area contributed by atoms with Crippen molar-refractivity contribution in [2.24, 2.45) is 0 Å². The van der Waals surface area contributed by atoms with Gasteiger partial charge in [0.05, 0.1) is 5.69 Å². The predicted molar refractivity (Wildman–Crippen MR) is 103 cm³/mol. The molecule has 5 heteroatoms. The van der Waals surface area contributed by atoms with Gasteiger partial charge in [-0.1, -0.05) is 42.5 Å². The molecular weight excluding hydrogens is 326 g/mol. The highest BCUT2D eigenvalue weighted by atomic mass is 16.2. The summed E-state index contributed by atoms with van der Waals surface area (Å²) in [7, 11) is 0. The van der Waals surface area contributed by atoms with Gasteiger partial charge in [-0.2, -0.15) is 5.10 Å². The molecule has 0 saturated carbocycles. The van der Waals surface area contributed by atoms with E-state index in [1.165, 1.54) is 10.7 Å². The summed E-state index contributed by atoms with van der Waals surface area (Å²) in [5, 5.41) is 7.29. The quantitative estimate of drug-likeness (QED) is 0.782. The first-order valence-corrected chi connectivity index (χ1v) is 8.50. The fourth-order valence-electron chi connectivity index (χ4n) is 2.70. The van der Waals surface area contributed by atoms with Crippen LogP contribution in [0.4, 0.5) is 5.69 Å². The first kappa shape index (κ1) is 17.6. The number of rotatable bonds is 4. The minimum Gasteiger partial charge on any atom is -0.324 e. The molecule has 0 saturated heterocycles. The number of anilines is 1. The van der Waals surface area contributed by atoms with Crippen LogP contribution in [0, 0.1) is 13.8 Å². The second kappa shape index (κ2) is 7.35. The van der Waals surface area contributed by atoms with E-state index < -0.39 is 6.04 Å². The van der Waals surface area contributed by atoms with Gasteiger partial charge in [-0.15, -0.1) is 0 Å². The summed E-state index contributed by atoms with van der Waals surface area (Å²) in [4.78, 5) is 24.9. The maximum absolute atomic E-state index is 12.7. The summed E-state index contributed by atoms with van der Waals surface area (Å²) in [6, 6.07) is 17.7. The van der Waals surface area contributed by atoms with E-state index in [2.05, 4.69) is 10.4 Å². The number of nitrogens with zero attached hydrogens (tertiary/aromatic N) is 2. The highest BCUT2D eigenvalue weighted by molar-refractivity contribution is 5.94. The summed E-state index contributed by atoms with van der Waals surface area (Å²) in [5.41, 5.74) is 4.07. The fourth-order valence-corrected chi connectivity index (χ4v) is 2.70. The highest BCUT2D eigenvalue weighted by Crippen LogP contribution is 2.20. The molecule has 0 spiro atoms. The van der Waals surface area contributed by atoms with Crippen molar-refractivity contribution < 1.29 is 4.79 Å². The van der Waals surface area contributed by atoms with Crippen LogP contribution in [0.3, 0.4) is 0 Å². The number of aromatic nitrogens is 2. The van der Waals surface area contributed by atoms with Crippen LogP contribution >= 0.6 is 0 Å². The molecule has 3 rings (SSSR count). The zero-order valence-electron chi connectivity index (χ0n) is 15.1. The Balaban J connectivity index is 1.89. The van der Waals surface area contributed by atoms with Crippen LogP contribution in [0.5, 0.6) is 0 Å². The van der Waals surface area contributed by atoms with E-state index in [0.29, 0.717) is 5.69 Å². The van der Waals surface area contributed by atoms with E-state index >= 15 is 0 Å². The predicted octanol–water partition coefficient (Wildman–Crippen LogP) is 3.73. The van der Waals surface area contributed by atoms with Crippen LogP contribution in [-0.2, 0) is 4.79 Å². The van der Waals surface area contributed by atoms with Crippen molar-refractivity contribution >= 4 is 11.6 Å². The van der Waals surface area contributed by atoms with Crippen LogP contribution in [0.25, 0.3) is 11.3 Å². The molecule has 0 aliphatic heterocycles. The third kappa shape index (κ3) is 3.57. The number of hydrogen-bond donors (Lipinski definition) is 1. The molecular formula is C21H21N3O2. The molecule has 1 N–H and O–H groups in total. The van der Waals surface area contributed by atoms with Gasteiger partial charge >= 0.3 is 0 Å². The maximum Gasteiger partial charge on any atom is 0.267 e. The molecule has 132 valence electrons. The van der Waals surface area contributed by atoms with E-state index in [1.807, 2.05) is 62.4 Å². The van der Waals surface area contributed by atoms with Gasteiger partial charge < -0.3 is 5.32 Å². The summed E-state index contributed by atoms with van der Waals surface area (Å²) >= 11 is 0. The van der Waals surface area contributed by atoms with Crippen LogP contribution in [-0.4, -0.2) is 15.7 Å². The first-order chi connectivity index (χ1) is 12.5. The zero-order chi connectivity index (χ0) is 18.7. The standard InChI is InChI=1S/C21H21N3O2/c1-14-8-7-11-18(15(14)2)22-21(26)16(3)24-20(25)13-12-19(23-24)17-9-5-4-6-10-17/h4-13,16H,1-3H3,(H,22,26). The molecule has 1 unspecified atom stereocenters. The van der Waals surface area contributed by atoms with Gasteiger partial charge in [-0.3, -0.25) is 9.59 Å². The van der Waals surface area contributed by atoms with Crippen LogP contribution in [0.2, 0.25) is 0 Å². The molecule has 0 aliphatic rings. The van der Waals surface area contributed by atoms with Crippen molar-refractivity contribution in [3.63, 3.8) is 0 Å². The lowest BCUT2D eigenvalue weighted by atomic mass is 10.1. The molecule has 1 amide bonds. The Kier molecular flexibility index (Phi) is 4.98. The maximum atomic E-state index is 12.7. The molecule has 26 heavy (non-hydrogen) atoms. The van der Waals surface area contributed by atoms with E-state index in [0.717, 1.165) is 22.4 Å². The average Bonchev–Trinajstić information content (AvgIpc) is 2.66. The van der Waals surface area contributed by atoms with Gasteiger partial charge in [-0.25, -0.2) is 4.68 Å². The molecule has 0 radical (unpaired) electrons. The number of nitrogens with one attached hydrogen (secondary N) is 1. The highest BCUT2D eigenvalue weighted by Gasteiger charge is 2.19. The Morgan fingerprint density at radius 2 is 1.73 bits per heavy atom. The number of carbonyl (C=O) groups is 1. The van der Waals surface area contributed by atoms with Crippen molar-refractivity contribution in [1.82, 2.24) is 9.78 Å². The molecule has 5 nitrogen and oxygen atoms in total. The van der Waals surface area contributed by atoms with Gasteiger partial charge in [0.15, 0.2) is 0 Å². The molecule has 0 aliphatic carbocycles. The van der Waals surface area contributed by atoms with Crippen LogP contribution < -0.4 is 10.9 Å². The largest absolute Gasteiger partial charge is 0.324 e. The zero-order valence-corrected chi connectivity index (χ0v) is 15.1. The molecule has 1 heterocycles. The third-order valence-corrected chi connectivity index (χ3v) is 4.50. The van der Waals surface area contributed by atoms with Crippen molar-refractivity contribution in [1.29, 1.82) is 0 Å². The molecule has 2 aromatic carbocycles. The summed E-state index contributed by atoms with van der Waals surface area (Å²) < 4.78 is 1.22. The second-order valence-electron chi connectivity index (χ2n) is 6.28. The van der Waals surface area contributed by atoms with Gasteiger partial charge in [0.25, 0.3) is 5.56 Å². The smallest absolute Gasteiger partial charge is 0.267 e. The monoisotopic (exact) mass is 347 g/mol. The normalized spacial score (nSPS) is 11.8. The fraction of sp³-hybridized carbons (Fsp3) is 0.190. The minimum atomic E-state index is -0.730. The molecule has 1 aromatic heterocycles. The first-order valence-electron chi connectivity index (χ1n) is 8.50. The van der Waals surface area contributed by atoms with Crippen molar-refractivity contribution in [2.75, 3.05) is 5.32 Å². The average molecular weight is 347 g/mol. The van der Waals surface area contributed by atoms with Gasteiger partial charge in [0.1, 0.15) is 6.04 Å². The molecule has 0 fully saturated rings. The lowest BCUT2D eigenvalue weighted by Crippen LogP contribution is -2.33. The van der Waals surface area contributed by atoms with Gasteiger partial charge in [-0.05, 0) is 44.0 Å². The molecule has 0 bridgehead atoms. The Hall–Kier alpha value is -3.21. The minimum absolute atomic E-state index is 0.279. The Labute approximate surface area is 152 Å². The van der Waals surface area contributed by atoms with Gasteiger partial charge in [0, 0.05) is 17.3 Å². The number of amides is 1. The number of benzene rings is 2. The summed E-state index contributed by atoms with van der Waals surface area (Å²) in [5.74, 6) is -0.279. The van der Waals surface area contributed by atoms with Gasteiger partial charge in [0.2, 0.25) is 5.91 Å². The topological polar surface area (TPSA) is 64.0 Å². The van der Waals surface area contributed by atoms with Crippen LogP contribution in [0.15, 0.2) is 65.5 Å². The second-order valence-corrected chi connectivity index (χ2v) is 6.28. The summed E-state index contributed by atoms with van der Waals surface area (Å²) in [6.45, 7) is 5.61. The van der Waals surface area contributed by atoms with E-state index in [9.17, 15) is 9.59 Å². The molecule has 1 atom stereocenters. The third-order valence-electron chi connectivity index (χ3n) is 4.50. The Bertz CT molecular complexity index is 994. The van der Waals surface area contributed by atoms with Crippen molar-refractivity contribution in [3.05, 3.63) is 82.1 Å². The van der Waals surface area contributed by atoms with E-state index in [1.54, 1.807) is 13.0 Å². The molecule has 3 aromatic rings. The Morgan fingerprint density at radius 3 is 2.46 bits per heavy atom. The van der Waals surface area contributed by atoms with Crippen molar-refractivity contribution in [2.45, 2.75) is 26.8 Å². The summed E-state index contributed by atoms with van der Waals surface area (Å²) in [6.07, 6.45) is 0. The van der Waals surface area contributed by atoms with E-state index in [4.69, 9.17) is 0 Å².